The third-order valence-corrected chi connectivity index (χ3v) is 2.73. The number of anilines is 2. The lowest BCUT2D eigenvalue weighted by Crippen LogP contribution is -2.40. The van der Waals surface area contributed by atoms with Crippen LogP contribution >= 0.6 is 0 Å². The predicted octanol–water partition coefficient (Wildman–Crippen LogP) is 2.82. The second kappa shape index (κ2) is 6.13. The molecule has 0 spiro atoms. The molecule has 0 fully saturated rings. The maximum atomic E-state index is 11.7. The Bertz CT molecular complexity index is 359. The van der Waals surface area contributed by atoms with Crippen LogP contribution in [0.25, 0.3) is 0 Å². The third-order valence-electron chi connectivity index (χ3n) is 2.73. The van der Waals surface area contributed by atoms with E-state index in [-0.39, 0.29) is 12.1 Å². The zero-order valence-corrected chi connectivity index (χ0v) is 10.7. The number of urea groups is 1. The molecule has 0 aromatic heterocycles. The van der Waals surface area contributed by atoms with Gasteiger partial charge in [-0.1, -0.05) is 20.8 Å². The molecule has 0 aliphatic carbocycles. The SMILES string of the molecule is CCC(NC(=O)Nc1ccc(N)cc1)C(C)C. The van der Waals surface area contributed by atoms with Crippen LogP contribution in [0.4, 0.5) is 16.2 Å². The van der Waals surface area contributed by atoms with Crippen LogP contribution in [-0.2, 0) is 0 Å². The molecule has 1 unspecified atom stereocenters. The van der Waals surface area contributed by atoms with Crippen molar-refractivity contribution in [1.29, 1.82) is 0 Å². The first-order valence-electron chi connectivity index (χ1n) is 5.96. The monoisotopic (exact) mass is 235 g/mol. The maximum Gasteiger partial charge on any atom is 0.319 e. The molecular formula is C13H21N3O. The molecule has 0 aliphatic rings. The van der Waals surface area contributed by atoms with Crippen molar-refractivity contribution in [2.45, 2.75) is 33.2 Å². The largest absolute Gasteiger partial charge is 0.399 e. The molecule has 0 heterocycles. The fraction of sp³-hybridized carbons (Fsp3) is 0.462. The van der Waals surface area contributed by atoms with Gasteiger partial charge in [0.15, 0.2) is 0 Å². The van der Waals surface area contributed by atoms with Crippen molar-refractivity contribution < 1.29 is 4.79 Å². The molecule has 4 N–H and O–H groups in total. The Morgan fingerprint density at radius 1 is 1.29 bits per heavy atom. The summed E-state index contributed by atoms with van der Waals surface area (Å²) in [4.78, 5) is 11.7. The zero-order valence-electron chi connectivity index (χ0n) is 10.7. The van der Waals surface area contributed by atoms with Crippen molar-refractivity contribution in [2.24, 2.45) is 5.92 Å². The molecule has 1 atom stereocenters. The molecule has 1 aromatic rings. The van der Waals surface area contributed by atoms with Gasteiger partial charge in [0.1, 0.15) is 0 Å². The molecule has 1 aromatic carbocycles. The summed E-state index contributed by atoms with van der Waals surface area (Å²) >= 11 is 0. The standard InChI is InChI=1S/C13H21N3O/c1-4-12(9(2)3)16-13(17)15-11-7-5-10(14)6-8-11/h5-9,12H,4,14H2,1-3H3,(H2,15,16,17). The number of nitrogens with two attached hydrogens (primary N) is 1. The van der Waals surface area contributed by atoms with Gasteiger partial charge >= 0.3 is 6.03 Å². The van der Waals surface area contributed by atoms with Crippen LogP contribution in [0, 0.1) is 5.92 Å². The fourth-order valence-electron chi connectivity index (χ4n) is 1.64. The van der Waals surface area contributed by atoms with E-state index in [1.807, 2.05) is 0 Å². The number of benzene rings is 1. The lowest BCUT2D eigenvalue weighted by Gasteiger charge is -2.20. The fourth-order valence-corrected chi connectivity index (χ4v) is 1.64. The number of nitrogens with one attached hydrogen (secondary N) is 2. The number of carbonyl (C=O) groups is 1. The molecule has 0 bridgehead atoms. The first-order valence-corrected chi connectivity index (χ1v) is 5.96. The van der Waals surface area contributed by atoms with Crippen LogP contribution in [0.2, 0.25) is 0 Å². The van der Waals surface area contributed by atoms with Crippen molar-refractivity contribution in [3.05, 3.63) is 24.3 Å². The summed E-state index contributed by atoms with van der Waals surface area (Å²) in [6, 6.07) is 7.11. The van der Waals surface area contributed by atoms with Gasteiger partial charge in [-0.05, 0) is 36.6 Å². The van der Waals surface area contributed by atoms with Crippen LogP contribution < -0.4 is 16.4 Å². The summed E-state index contributed by atoms with van der Waals surface area (Å²) < 4.78 is 0. The van der Waals surface area contributed by atoms with Crippen LogP contribution in [0.5, 0.6) is 0 Å². The highest BCUT2D eigenvalue weighted by Crippen LogP contribution is 2.11. The van der Waals surface area contributed by atoms with Crippen molar-refractivity contribution in [3.63, 3.8) is 0 Å². The minimum Gasteiger partial charge on any atom is -0.399 e. The number of rotatable bonds is 4. The summed E-state index contributed by atoms with van der Waals surface area (Å²) in [6.45, 7) is 6.25. The van der Waals surface area contributed by atoms with E-state index < -0.39 is 0 Å². The highest BCUT2D eigenvalue weighted by molar-refractivity contribution is 5.89. The van der Waals surface area contributed by atoms with Gasteiger partial charge in [0.2, 0.25) is 0 Å². The number of hydrogen-bond donors (Lipinski definition) is 3. The van der Waals surface area contributed by atoms with Crippen LogP contribution in [-0.4, -0.2) is 12.1 Å². The average Bonchev–Trinajstić information content (AvgIpc) is 2.28. The van der Waals surface area contributed by atoms with Crippen LogP contribution in [0.1, 0.15) is 27.2 Å². The first-order chi connectivity index (χ1) is 8.02. The number of hydrogen-bond acceptors (Lipinski definition) is 2. The number of nitrogen functional groups attached to an aromatic ring is 1. The van der Waals surface area contributed by atoms with E-state index in [9.17, 15) is 4.79 Å². The molecule has 1 rings (SSSR count). The Balaban J connectivity index is 2.52. The smallest absolute Gasteiger partial charge is 0.319 e. The number of carbonyl (C=O) groups excluding carboxylic acids is 1. The minimum absolute atomic E-state index is 0.171. The van der Waals surface area contributed by atoms with Gasteiger partial charge in [-0.15, -0.1) is 0 Å². The van der Waals surface area contributed by atoms with E-state index in [1.165, 1.54) is 0 Å². The molecule has 0 saturated carbocycles. The summed E-state index contributed by atoms with van der Waals surface area (Å²) in [7, 11) is 0. The third kappa shape index (κ3) is 4.34. The zero-order chi connectivity index (χ0) is 12.8. The van der Waals surface area contributed by atoms with E-state index in [2.05, 4.69) is 31.4 Å². The Morgan fingerprint density at radius 2 is 1.88 bits per heavy atom. The molecule has 4 nitrogen and oxygen atoms in total. The quantitative estimate of drug-likeness (QED) is 0.702. The Kier molecular flexibility index (Phi) is 4.82. The van der Waals surface area contributed by atoms with Crippen molar-refractivity contribution in [1.82, 2.24) is 5.32 Å². The van der Waals surface area contributed by atoms with Gasteiger partial charge < -0.3 is 16.4 Å². The maximum absolute atomic E-state index is 11.7. The van der Waals surface area contributed by atoms with E-state index >= 15 is 0 Å². The Hall–Kier alpha value is -1.71. The van der Waals surface area contributed by atoms with Crippen molar-refractivity contribution in [2.75, 3.05) is 11.1 Å². The summed E-state index contributed by atoms with van der Waals surface area (Å²) in [6.07, 6.45) is 0.923. The molecule has 0 saturated heterocycles. The highest BCUT2D eigenvalue weighted by atomic mass is 16.2. The lowest BCUT2D eigenvalue weighted by atomic mass is 10.0. The molecule has 2 amide bonds. The summed E-state index contributed by atoms with van der Waals surface area (Å²) in [5.74, 6) is 0.428. The van der Waals surface area contributed by atoms with Gasteiger partial charge in [0.25, 0.3) is 0 Å². The molecule has 0 aliphatic heterocycles. The molecular weight excluding hydrogens is 214 g/mol. The normalized spacial score (nSPS) is 12.2. The van der Waals surface area contributed by atoms with Crippen molar-refractivity contribution in [3.8, 4) is 0 Å². The van der Waals surface area contributed by atoms with Gasteiger partial charge in [0, 0.05) is 17.4 Å². The minimum atomic E-state index is -0.171. The lowest BCUT2D eigenvalue weighted by molar-refractivity contribution is 0.244. The van der Waals surface area contributed by atoms with Gasteiger partial charge in [-0.2, -0.15) is 0 Å². The average molecular weight is 235 g/mol. The molecule has 17 heavy (non-hydrogen) atoms. The van der Waals surface area contributed by atoms with E-state index in [0.717, 1.165) is 12.1 Å². The van der Waals surface area contributed by atoms with Gasteiger partial charge in [-0.3, -0.25) is 0 Å². The number of amides is 2. The predicted molar refractivity (Wildman–Crippen MR) is 71.9 cm³/mol. The van der Waals surface area contributed by atoms with Crippen molar-refractivity contribution >= 4 is 17.4 Å². The van der Waals surface area contributed by atoms with Crippen LogP contribution in [0.3, 0.4) is 0 Å². The van der Waals surface area contributed by atoms with E-state index in [4.69, 9.17) is 5.73 Å². The highest BCUT2D eigenvalue weighted by Gasteiger charge is 2.13. The Morgan fingerprint density at radius 3 is 2.35 bits per heavy atom. The van der Waals surface area contributed by atoms with Gasteiger partial charge in [0.05, 0.1) is 0 Å². The summed E-state index contributed by atoms with van der Waals surface area (Å²) in [5.41, 5.74) is 7.00. The second-order valence-corrected chi connectivity index (χ2v) is 4.48. The van der Waals surface area contributed by atoms with E-state index in [1.54, 1.807) is 24.3 Å². The van der Waals surface area contributed by atoms with E-state index in [0.29, 0.717) is 11.6 Å². The topological polar surface area (TPSA) is 67.2 Å². The molecule has 94 valence electrons. The second-order valence-electron chi connectivity index (χ2n) is 4.48. The summed E-state index contributed by atoms with van der Waals surface area (Å²) in [5, 5.41) is 5.73. The first kappa shape index (κ1) is 13.4. The molecule has 4 heteroatoms. The van der Waals surface area contributed by atoms with Gasteiger partial charge in [-0.25, -0.2) is 4.79 Å². The molecule has 0 radical (unpaired) electrons. The Labute approximate surface area is 103 Å². The van der Waals surface area contributed by atoms with Crippen LogP contribution in [0.15, 0.2) is 24.3 Å².